The number of hydrogen-bond donors (Lipinski definition) is 0. The van der Waals surface area contributed by atoms with Gasteiger partial charge in [-0.25, -0.2) is 8.42 Å². The average Bonchev–Trinajstić information content (AvgIpc) is 3.32. The Kier molecular flexibility index (Phi) is 6.70. The molecule has 1 saturated carbocycles. The molecule has 0 bridgehead atoms. The molecule has 2 aliphatic rings. The fourth-order valence-electron chi connectivity index (χ4n) is 3.17. The molecule has 1 aromatic heterocycles. The average molecular weight is 429 g/mol. The Labute approximate surface area is 172 Å². The van der Waals surface area contributed by atoms with Gasteiger partial charge in [-0.3, -0.25) is 4.79 Å². The first kappa shape index (κ1) is 22.2. The van der Waals surface area contributed by atoms with Crippen molar-refractivity contribution in [1.82, 2.24) is 5.16 Å². The smallest absolute Gasteiger partial charge is 0.248 e. The normalized spacial score (nSPS) is 20.8. The number of anilines is 1. The zero-order chi connectivity index (χ0) is 21.2. The van der Waals surface area contributed by atoms with Gasteiger partial charge in [0.15, 0.2) is 6.29 Å². The highest BCUT2D eigenvalue weighted by molar-refractivity contribution is 7.93. The van der Waals surface area contributed by atoms with Crippen molar-refractivity contribution in [3.05, 3.63) is 11.8 Å². The Bertz CT molecular complexity index is 807. The highest BCUT2D eigenvalue weighted by Gasteiger charge is 2.39. The summed E-state index contributed by atoms with van der Waals surface area (Å²) in [7, 11) is -3.82. The molecule has 1 atom stereocenters. The minimum Gasteiger partial charge on any atom is -0.353 e. The van der Waals surface area contributed by atoms with E-state index in [1.165, 1.54) is 6.07 Å². The van der Waals surface area contributed by atoms with E-state index in [0.717, 1.165) is 36.4 Å². The molecule has 0 spiro atoms. The third kappa shape index (κ3) is 5.58. The van der Waals surface area contributed by atoms with Crippen LogP contribution in [0.15, 0.2) is 10.6 Å². The van der Waals surface area contributed by atoms with Gasteiger partial charge in [-0.15, -0.1) is 0 Å². The number of hydrogen-bond acceptors (Lipinski definition) is 7. The van der Waals surface area contributed by atoms with E-state index >= 15 is 0 Å². The topological polar surface area (TPSA) is 98.9 Å². The van der Waals surface area contributed by atoms with E-state index in [-0.39, 0.29) is 23.8 Å². The third-order valence-corrected chi connectivity index (χ3v) is 7.08. The summed E-state index contributed by atoms with van der Waals surface area (Å²) in [6, 6.07) is 1.54. The first-order chi connectivity index (χ1) is 13.6. The molecule has 3 rings (SSSR count). The highest BCUT2D eigenvalue weighted by atomic mass is 32.2. The zero-order valence-corrected chi connectivity index (χ0v) is 18.5. The molecule has 1 aliphatic carbocycles. The molecule has 1 aromatic rings. The van der Waals surface area contributed by atoms with E-state index in [4.69, 9.17) is 14.0 Å². The van der Waals surface area contributed by atoms with Crippen LogP contribution in [-0.2, 0) is 29.7 Å². The Morgan fingerprint density at radius 2 is 2.03 bits per heavy atom. The standard InChI is InChI=1S/C20H32N2O6S/c1-14(2)19(23)22(29(24,25)12-15-8-9-15)17-11-16(21-28-17)20(3,4)13-27-18-7-5-6-10-26-18/h11,14-15,18H,5-10,12-13H2,1-4H3. The molecule has 0 N–H and O–H groups in total. The number of nitrogens with zero attached hydrogens (tertiary/aromatic N) is 2. The Morgan fingerprint density at radius 3 is 2.62 bits per heavy atom. The van der Waals surface area contributed by atoms with Gasteiger partial charge in [-0.2, -0.15) is 4.31 Å². The number of rotatable bonds is 9. The van der Waals surface area contributed by atoms with Crippen LogP contribution in [0.3, 0.4) is 0 Å². The first-order valence-electron chi connectivity index (χ1n) is 10.4. The fraction of sp³-hybridized carbons (Fsp3) is 0.800. The summed E-state index contributed by atoms with van der Waals surface area (Å²) in [6.07, 6.45) is 4.49. The summed E-state index contributed by atoms with van der Waals surface area (Å²) in [5, 5.41) is 4.07. The second kappa shape index (κ2) is 8.73. The van der Waals surface area contributed by atoms with Crippen LogP contribution >= 0.6 is 0 Å². The molecule has 164 valence electrons. The van der Waals surface area contributed by atoms with Crippen LogP contribution in [0.25, 0.3) is 0 Å². The van der Waals surface area contributed by atoms with E-state index in [1.54, 1.807) is 13.8 Å². The largest absolute Gasteiger partial charge is 0.353 e. The zero-order valence-electron chi connectivity index (χ0n) is 17.7. The van der Waals surface area contributed by atoms with Crippen molar-refractivity contribution in [1.29, 1.82) is 0 Å². The van der Waals surface area contributed by atoms with Crippen LogP contribution in [0.4, 0.5) is 5.88 Å². The minimum atomic E-state index is -3.82. The van der Waals surface area contributed by atoms with Gasteiger partial charge in [0.25, 0.3) is 0 Å². The Balaban J connectivity index is 1.77. The predicted molar refractivity (Wildman–Crippen MR) is 108 cm³/mol. The number of ether oxygens (including phenoxy) is 2. The maximum absolute atomic E-state index is 12.9. The lowest BCUT2D eigenvalue weighted by Gasteiger charge is -2.28. The van der Waals surface area contributed by atoms with Crippen molar-refractivity contribution in [3.8, 4) is 0 Å². The molecule has 1 amide bonds. The van der Waals surface area contributed by atoms with Crippen LogP contribution in [0.2, 0.25) is 0 Å². The second-order valence-corrected chi connectivity index (χ2v) is 10.9. The molecule has 29 heavy (non-hydrogen) atoms. The summed E-state index contributed by atoms with van der Waals surface area (Å²) < 4.78 is 43.4. The molecule has 1 saturated heterocycles. The van der Waals surface area contributed by atoms with Gasteiger partial charge < -0.3 is 14.0 Å². The van der Waals surface area contributed by atoms with Gasteiger partial charge in [0.2, 0.25) is 21.8 Å². The Morgan fingerprint density at radius 1 is 1.31 bits per heavy atom. The van der Waals surface area contributed by atoms with Crippen molar-refractivity contribution < 1.29 is 27.2 Å². The van der Waals surface area contributed by atoms with Crippen LogP contribution in [0, 0.1) is 11.8 Å². The van der Waals surface area contributed by atoms with Gasteiger partial charge >= 0.3 is 0 Å². The molecule has 0 radical (unpaired) electrons. The SMILES string of the molecule is CC(C)C(=O)N(c1cc(C(C)(C)COC2CCCCO2)no1)S(=O)(=O)CC1CC1. The van der Waals surface area contributed by atoms with Gasteiger partial charge in [0.05, 0.1) is 18.1 Å². The van der Waals surface area contributed by atoms with E-state index in [1.807, 2.05) is 13.8 Å². The number of carbonyl (C=O) groups is 1. The predicted octanol–water partition coefficient (Wildman–Crippen LogP) is 3.22. The highest BCUT2D eigenvalue weighted by Crippen LogP contribution is 2.34. The van der Waals surface area contributed by atoms with Gasteiger partial charge in [0.1, 0.15) is 0 Å². The summed E-state index contributed by atoms with van der Waals surface area (Å²) in [5.41, 5.74) is 0.00140. The van der Waals surface area contributed by atoms with E-state index in [9.17, 15) is 13.2 Å². The fourth-order valence-corrected chi connectivity index (χ4v) is 5.10. The van der Waals surface area contributed by atoms with Gasteiger partial charge in [0, 0.05) is 24.0 Å². The molecule has 2 fully saturated rings. The maximum Gasteiger partial charge on any atom is 0.248 e. The van der Waals surface area contributed by atoms with Crippen molar-refractivity contribution >= 4 is 21.8 Å². The number of sulfonamides is 1. The molecular weight excluding hydrogens is 396 g/mol. The van der Waals surface area contributed by atoms with E-state index in [0.29, 0.717) is 18.9 Å². The molecule has 1 unspecified atom stereocenters. The van der Waals surface area contributed by atoms with Gasteiger partial charge in [-0.1, -0.05) is 32.9 Å². The lowest BCUT2D eigenvalue weighted by atomic mass is 9.90. The quantitative estimate of drug-likeness (QED) is 0.595. The second-order valence-electron chi connectivity index (χ2n) is 9.02. The minimum absolute atomic E-state index is 0.0486. The lowest BCUT2D eigenvalue weighted by molar-refractivity contribution is -0.170. The Hall–Kier alpha value is -1.45. The van der Waals surface area contributed by atoms with Crippen LogP contribution in [0.1, 0.15) is 65.5 Å². The number of amides is 1. The monoisotopic (exact) mass is 428 g/mol. The van der Waals surface area contributed by atoms with E-state index < -0.39 is 27.3 Å². The summed E-state index contributed by atoms with van der Waals surface area (Å²) in [6.45, 7) is 8.25. The lowest BCUT2D eigenvalue weighted by Crippen LogP contribution is -2.41. The van der Waals surface area contributed by atoms with Crippen molar-refractivity contribution in [3.63, 3.8) is 0 Å². The number of carbonyl (C=O) groups excluding carboxylic acids is 1. The summed E-state index contributed by atoms with van der Waals surface area (Å²) in [4.78, 5) is 12.7. The first-order valence-corrected chi connectivity index (χ1v) is 12.0. The molecule has 1 aliphatic heterocycles. The third-order valence-electron chi connectivity index (χ3n) is 5.27. The molecule has 9 heteroatoms. The van der Waals surface area contributed by atoms with Crippen molar-refractivity contribution in [2.24, 2.45) is 11.8 Å². The molecule has 2 heterocycles. The van der Waals surface area contributed by atoms with E-state index in [2.05, 4.69) is 5.16 Å². The van der Waals surface area contributed by atoms with Crippen LogP contribution in [-0.4, -0.2) is 44.7 Å². The molecule has 8 nitrogen and oxygen atoms in total. The van der Waals surface area contributed by atoms with Gasteiger partial charge in [-0.05, 0) is 38.0 Å². The van der Waals surface area contributed by atoms with Crippen LogP contribution in [0.5, 0.6) is 0 Å². The molecular formula is C20H32N2O6S. The maximum atomic E-state index is 12.9. The molecule has 0 aromatic carbocycles. The summed E-state index contributed by atoms with van der Waals surface area (Å²) in [5.74, 6) is -0.991. The summed E-state index contributed by atoms with van der Waals surface area (Å²) >= 11 is 0. The van der Waals surface area contributed by atoms with Crippen molar-refractivity contribution in [2.75, 3.05) is 23.3 Å². The number of aromatic nitrogens is 1. The van der Waals surface area contributed by atoms with Crippen LogP contribution < -0.4 is 4.31 Å². The van der Waals surface area contributed by atoms with Crippen molar-refractivity contribution in [2.45, 2.75) is 71.5 Å².